The Labute approximate surface area is 147 Å². The molecular formula is C19H24N4O2. The predicted octanol–water partition coefficient (Wildman–Crippen LogP) is 2.20. The van der Waals surface area contributed by atoms with Crippen molar-refractivity contribution in [2.45, 2.75) is 31.8 Å². The topological polar surface area (TPSA) is 59.4 Å². The maximum Gasteiger partial charge on any atom is 0.269 e. The van der Waals surface area contributed by atoms with Crippen molar-refractivity contribution in [2.24, 2.45) is 0 Å². The lowest BCUT2D eigenvalue weighted by Gasteiger charge is -2.33. The minimum Gasteiger partial charge on any atom is -0.377 e. The first-order valence-electron chi connectivity index (χ1n) is 8.92. The first-order valence-corrected chi connectivity index (χ1v) is 8.92. The maximum atomic E-state index is 12.4. The summed E-state index contributed by atoms with van der Waals surface area (Å²) in [5.74, 6) is 1.08. The molecule has 3 atom stereocenters. The molecule has 2 aliphatic heterocycles. The van der Waals surface area contributed by atoms with Gasteiger partial charge in [0, 0.05) is 25.1 Å². The van der Waals surface area contributed by atoms with Crippen molar-refractivity contribution >= 4 is 11.7 Å². The summed E-state index contributed by atoms with van der Waals surface area (Å²) in [5, 5.41) is 7.85. The number of aromatic nitrogens is 2. The second-order valence-electron chi connectivity index (χ2n) is 6.93. The first kappa shape index (κ1) is 16.1. The van der Waals surface area contributed by atoms with Crippen molar-refractivity contribution < 1.29 is 9.53 Å². The normalized spacial score (nSPS) is 24.6. The average Bonchev–Trinajstić information content (AvgIpc) is 3.08. The summed E-state index contributed by atoms with van der Waals surface area (Å²) < 4.78 is 7.44. The summed E-state index contributed by atoms with van der Waals surface area (Å²) in [6, 6.07) is 12.7. The molecule has 1 aromatic heterocycles. The third-order valence-electron chi connectivity index (χ3n) is 5.31. The van der Waals surface area contributed by atoms with Crippen molar-refractivity contribution in [1.29, 1.82) is 0 Å². The van der Waals surface area contributed by atoms with Crippen LogP contribution in [0.25, 0.3) is 0 Å². The molecule has 0 bridgehead atoms. The van der Waals surface area contributed by atoms with Crippen molar-refractivity contribution in [3.63, 3.8) is 0 Å². The van der Waals surface area contributed by atoms with Crippen LogP contribution >= 0.6 is 0 Å². The molecule has 1 aromatic carbocycles. The van der Waals surface area contributed by atoms with Crippen LogP contribution in [0.2, 0.25) is 0 Å². The van der Waals surface area contributed by atoms with Gasteiger partial charge in [-0.3, -0.25) is 9.48 Å². The Morgan fingerprint density at radius 2 is 2.12 bits per heavy atom. The molecule has 25 heavy (non-hydrogen) atoms. The van der Waals surface area contributed by atoms with Crippen LogP contribution < -0.4 is 10.2 Å². The number of carbonyl (C=O) groups excluding carboxylic acids is 1. The molecular weight excluding hydrogens is 316 g/mol. The fourth-order valence-electron chi connectivity index (χ4n) is 3.75. The summed E-state index contributed by atoms with van der Waals surface area (Å²) in [7, 11) is 0. The third kappa shape index (κ3) is 2.91. The van der Waals surface area contributed by atoms with E-state index in [-0.39, 0.29) is 23.9 Å². The standard InChI is InChI=1S/C19H24N4O2/c1-13-12-25-9-8-22(13)18-10-16-19(24)20-11-17(23(16)21-18)14(2)15-6-4-3-5-7-15/h3-7,10,13-14,17H,8-9,11-12H2,1-2H3,(H,20,24)/t13-,14+,17+/m1/s1. The van der Waals surface area contributed by atoms with E-state index in [1.165, 1.54) is 5.56 Å². The number of fused-ring (bicyclic) bond motifs is 1. The highest BCUT2D eigenvalue weighted by molar-refractivity contribution is 5.94. The van der Waals surface area contributed by atoms with E-state index in [2.05, 4.69) is 48.3 Å². The lowest BCUT2D eigenvalue weighted by Crippen LogP contribution is -2.44. The van der Waals surface area contributed by atoms with Crippen LogP contribution in [0.5, 0.6) is 0 Å². The van der Waals surface area contributed by atoms with Crippen molar-refractivity contribution in [1.82, 2.24) is 15.1 Å². The van der Waals surface area contributed by atoms with Gasteiger partial charge in [-0.15, -0.1) is 0 Å². The molecule has 2 aromatic rings. The molecule has 4 rings (SSSR count). The molecule has 3 heterocycles. The van der Waals surface area contributed by atoms with Gasteiger partial charge in [-0.2, -0.15) is 5.10 Å². The van der Waals surface area contributed by atoms with Crippen LogP contribution in [0.1, 0.15) is 41.9 Å². The second-order valence-corrected chi connectivity index (χ2v) is 6.93. The Kier molecular flexibility index (Phi) is 4.21. The van der Waals surface area contributed by atoms with Gasteiger partial charge in [0.1, 0.15) is 5.69 Å². The molecule has 0 unspecified atom stereocenters. The maximum absolute atomic E-state index is 12.4. The van der Waals surface area contributed by atoms with E-state index in [1.807, 2.05) is 16.8 Å². The number of benzene rings is 1. The highest BCUT2D eigenvalue weighted by Gasteiger charge is 2.33. The van der Waals surface area contributed by atoms with Crippen LogP contribution in [0.3, 0.4) is 0 Å². The largest absolute Gasteiger partial charge is 0.377 e. The van der Waals surface area contributed by atoms with Crippen LogP contribution in [0.15, 0.2) is 36.4 Å². The Morgan fingerprint density at radius 3 is 2.88 bits per heavy atom. The van der Waals surface area contributed by atoms with Gasteiger partial charge in [-0.1, -0.05) is 37.3 Å². The lowest BCUT2D eigenvalue weighted by molar-refractivity contribution is 0.0903. The van der Waals surface area contributed by atoms with Crippen molar-refractivity contribution in [2.75, 3.05) is 31.2 Å². The molecule has 1 fully saturated rings. The van der Waals surface area contributed by atoms with Crippen molar-refractivity contribution in [3.8, 4) is 0 Å². The van der Waals surface area contributed by atoms with E-state index in [0.29, 0.717) is 25.5 Å². The summed E-state index contributed by atoms with van der Waals surface area (Å²) in [4.78, 5) is 14.6. The molecule has 2 aliphatic rings. The van der Waals surface area contributed by atoms with Crippen LogP contribution in [-0.2, 0) is 4.74 Å². The van der Waals surface area contributed by atoms with Crippen LogP contribution in [0.4, 0.5) is 5.82 Å². The molecule has 1 saturated heterocycles. The number of nitrogens with zero attached hydrogens (tertiary/aromatic N) is 3. The number of carbonyl (C=O) groups is 1. The summed E-state index contributed by atoms with van der Waals surface area (Å²) in [5.41, 5.74) is 1.90. The van der Waals surface area contributed by atoms with E-state index in [0.717, 1.165) is 12.4 Å². The molecule has 1 amide bonds. The SMILES string of the molecule is C[C@@H]1COCCN1c1cc2n(n1)[C@H]([C@@H](C)c1ccccc1)CNC2=O. The van der Waals surface area contributed by atoms with Gasteiger partial charge in [-0.05, 0) is 12.5 Å². The predicted molar refractivity (Wildman–Crippen MR) is 96.1 cm³/mol. The average molecular weight is 340 g/mol. The second kappa shape index (κ2) is 6.52. The van der Waals surface area contributed by atoms with Crippen LogP contribution in [0, 0.1) is 0 Å². The zero-order valence-electron chi connectivity index (χ0n) is 14.7. The molecule has 132 valence electrons. The van der Waals surface area contributed by atoms with E-state index in [9.17, 15) is 4.79 Å². The van der Waals surface area contributed by atoms with Gasteiger partial charge in [0.2, 0.25) is 0 Å². The van der Waals surface area contributed by atoms with Gasteiger partial charge >= 0.3 is 0 Å². The zero-order chi connectivity index (χ0) is 17.4. The zero-order valence-corrected chi connectivity index (χ0v) is 14.7. The lowest BCUT2D eigenvalue weighted by atomic mass is 9.92. The minimum atomic E-state index is -0.0452. The smallest absolute Gasteiger partial charge is 0.269 e. The monoisotopic (exact) mass is 340 g/mol. The van der Waals surface area contributed by atoms with Crippen LogP contribution in [-0.4, -0.2) is 48.0 Å². The van der Waals surface area contributed by atoms with E-state index >= 15 is 0 Å². The van der Waals surface area contributed by atoms with Gasteiger partial charge in [0.25, 0.3) is 5.91 Å². The highest BCUT2D eigenvalue weighted by Crippen LogP contribution is 2.32. The Balaban J connectivity index is 1.68. The molecule has 0 spiro atoms. The number of ether oxygens (including phenoxy) is 1. The molecule has 6 heteroatoms. The molecule has 6 nitrogen and oxygen atoms in total. The number of anilines is 1. The fourth-order valence-corrected chi connectivity index (χ4v) is 3.75. The van der Waals surface area contributed by atoms with Gasteiger partial charge in [0.05, 0.1) is 25.3 Å². The Hall–Kier alpha value is -2.34. The Bertz CT molecular complexity index is 758. The van der Waals surface area contributed by atoms with Gasteiger partial charge in [0.15, 0.2) is 5.82 Å². The van der Waals surface area contributed by atoms with Gasteiger partial charge in [-0.25, -0.2) is 0 Å². The quantitative estimate of drug-likeness (QED) is 0.931. The first-order chi connectivity index (χ1) is 12.1. The fraction of sp³-hybridized carbons (Fsp3) is 0.474. The number of hydrogen-bond donors (Lipinski definition) is 1. The number of hydrogen-bond acceptors (Lipinski definition) is 4. The Morgan fingerprint density at radius 1 is 1.32 bits per heavy atom. The summed E-state index contributed by atoms with van der Waals surface area (Å²) in [6.45, 7) is 7.11. The molecule has 0 radical (unpaired) electrons. The number of amides is 1. The van der Waals surface area contributed by atoms with E-state index in [4.69, 9.17) is 9.84 Å². The number of morpholine rings is 1. The third-order valence-corrected chi connectivity index (χ3v) is 5.31. The molecule has 0 saturated carbocycles. The molecule has 1 N–H and O–H groups in total. The number of nitrogens with one attached hydrogen (secondary N) is 1. The highest BCUT2D eigenvalue weighted by atomic mass is 16.5. The van der Waals surface area contributed by atoms with E-state index in [1.54, 1.807) is 0 Å². The van der Waals surface area contributed by atoms with Gasteiger partial charge < -0.3 is 15.0 Å². The molecule has 0 aliphatic carbocycles. The van der Waals surface area contributed by atoms with E-state index < -0.39 is 0 Å². The minimum absolute atomic E-state index is 0.0452. The summed E-state index contributed by atoms with van der Waals surface area (Å²) >= 11 is 0. The van der Waals surface area contributed by atoms with Crippen molar-refractivity contribution in [3.05, 3.63) is 47.7 Å². The number of rotatable bonds is 3. The summed E-state index contributed by atoms with van der Waals surface area (Å²) in [6.07, 6.45) is 0.